The Kier molecular flexibility index (Phi) is 4.70. The fraction of sp³-hybridized carbons (Fsp3) is 0.571. The SMILES string of the molecule is CN(C)C(=O)c1ccc(NC(=S)NC(=O)C23CC4CC(CC(C4)C2)C3)cc1. The molecule has 1 aromatic carbocycles. The van der Waals surface area contributed by atoms with Crippen LogP contribution in [0.1, 0.15) is 48.9 Å². The third-order valence-electron chi connectivity index (χ3n) is 6.54. The first-order chi connectivity index (χ1) is 12.8. The molecule has 4 aliphatic rings. The van der Waals surface area contributed by atoms with Crippen molar-refractivity contribution in [2.75, 3.05) is 19.4 Å². The van der Waals surface area contributed by atoms with Crippen molar-refractivity contribution in [3.63, 3.8) is 0 Å². The molecule has 27 heavy (non-hydrogen) atoms. The minimum atomic E-state index is -0.206. The molecule has 0 unspecified atom stereocenters. The average Bonchev–Trinajstić information content (AvgIpc) is 2.60. The second-order valence-electron chi connectivity index (χ2n) is 8.88. The van der Waals surface area contributed by atoms with Crippen LogP contribution in [0, 0.1) is 23.2 Å². The number of amides is 2. The Bertz CT molecular complexity index is 737. The van der Waals surface area contributed by atoms with Crippen molar-refractivity contribution in [3.8, 4) is 0 Å². The molecular formula is C21H27N3O2S. The maximum absolute atomic E-state index is 13.0. The summed E-state index contributed by atoms with van der Waals surface area (Å²) >= 11 is 5.37. The Morgan fingerprint density at radius 1 is 1.00 bits per heavy atom. The van der Waals surface area contributed by atoms with Gasteiger partial charge in [0.05, 0.1) is 5.41 Å². The summed E-state index contributed by atoms with van der Waals surface area (Å²) in [6.45, 7) is 0. The number of nitrogens with one attached hydrogen (secondary N) is 2. The largest absolute Gasteiger partial charge is 0.345 e. The summed E-state index contributed by atoms with van der Waals surface area (Å²) < 4.78 is 0. The molecule has 1 aromatic rings. The highest BCUT2D eigenvalue weighted by molar-refractivity contribution is 7.80. The van der Waals surface area contributed by atoms with Gasteiger partial charge in [-0.2, -0.15) is 0 Å². The van der Waals surface area contributed by atoms with E-state index in [0.29, 0.717) is 10.7 Å². The van der Waals surface area contributed by atoms with Gasteiger partial charge in [0.15, 0.2) is 5.11 Å². The van der Waals surface area contributed by atoms with E-state index < -0.39 is 0 Å². The summed E-state index contributed by atoms with van der Waals surface area (Å²) in [5, 5.41) is 6.36. The minimum absolute atomic E-state index is 0.0424. The highest BCUT2D eigenvalue weighted by Crippen LogP contribution is 2.60. The predicted octanol–water partition coefficient (Wildman–Crippen LogP) is 3.42. The van der Waals surface area contributed by atoms with Gasteiger partial charge in [0.1, 0.15) is 0 Å². The summed E-state index contributed by atoms with van der Waals surface area (Å²) in [5.74, 6) is 2.23. The summed E-state index contributed by atoms with van der Waals surface area (Å²) in [5.41, 5.74) is 1.18. The highest BCUT2D eigenvalue weighted by Gasteiger charge is 2.54. The Morgan fingerprint density at radius 3 is 2.00 bits per heavy atom. The zero-order chi connectivity index (χ0) is 19.2. The van der Waals surface area contributed by atoms with Crippen molar-refractivity contribution in [3.05, 3.63) is 29.8 Å². The molecule has 0 aliphatic heterocycles. The van der Waals surface area contributed by atoms with Gasteiger partial charge in [0.25, 0.3) is 5.91 Å². The van der Waals surface area contributed by atoms with E-state index in [1.54, 1.807) is 43.3 Å². The lowest BCUT2D eigenvalue weighted by molar-refractivity contribution is -0.144. The molecule has 4 fully saturated rings. The minimum Gasteiger partial charge on any atom is -0.345 e. The number of carbonyl (C=O) groups excluding carboxylic acids is 2. The normalized spacial score (nSPS) is 30.7. The molecule has 2 N–H and O–H groups in total. The van der Waals surface area contributed by atoms with Crippen LogP contribution in [0.2, 0.25) is 0 Å². The van der Waals surface area contributed by atoms with Gasteiger partial charge >= 0.3 is 0 Å². The van der Waals surface area contributed by atoms with Gasteiger partial charge in [-0.05, 0) is 92.8 Å². The number of hydrogen-bond donors (Lipinski definition) is 2. The zero-order valence-corrected chi connectivity index (χ0v) is 16.8. The monoisotopic (exact) mass is 385 g/mol. The molecule has 0 atom stereocenters. The van der Waals surface area contributed by atoms with E-state index in [2.05, 4.69) is 10.6 Å². The predicted molar refractivity (Wildman–Crippen MR) is 109 cm³/mol. The van der Waals surface area contributed by atoms with Crippen LogP contribution in [0.4, 0.5) is 5.69 Å². The standard InChI is InChI=1S/C21H27N3O2S/c1-24(2)18(25)16-3-5-17(6-4-16)22-20(27)23-19(26)21-10-13-7-14(11-21)9-15(8-13)12-21/h3-6,13-15H,7-12H2,1-2H3,(H2,22,23,26,27). The van der Waals surface area contributed by atoms with Crippen LogP contribution in [0.25, 0.3) is 0 Å². The molecule has 4 aliphatic carbocycles. The van der Waals surface area contributed by atoms with Crippen molar-refractivity contribution in [1.82, 2.24) is 10.2 Å². The van der Waals surface area contributed by atoms with Crippen molar-refractivity contribution >= 4 is 34.8 Å². The van der Waals surface area contributed by atoms with E-state index in [4.69, 9.17) is 12.2 Å². The Morgan fingerprint density at radius 2 is 1.52 bits per heavy atom. The van der Waals surface area contributed by atoms with Crippen LogP contribution in [-0.4, -0.2) is 35.9 Å². The Hall–Kier alpha value is -1.95. The topological polar surface area (TPSA) is 61.4 Å². The van der Waals surface area contributed by atoms with Crippen molar-refractivity contribution in [2.45, 2.75) is 38.5 Å². The van der Waals surface area contributed by atoms with E-state index in [1.807, 2.05) is 0 Å². The number of hydrogen-bond acceptors (Lipinski definition) is 3. The highest BCUT2D eigenvalue weighted by atomic mass is 32.1. The number of rotatable bonds is 3. The first-order valence-electron chi connectivity index (χ1n) is 9.79. The maximum atomic E-state index is 13.0. The number of anilines is 1. The van der Waals surface area contributed by atoms with Crippen LogP contribution < -0.4 is 10.6 Å². The molecule has 2 amide bonds. The number of benzene rings is 1. The van der Waals surface area contributed by atoms with Gasteiger partial charge in [0, 0.05) is 25.3 Å². The maximum Gasteiger partial charge on any atom is 0.253 e. The summed E-state index contributed by atoms with van der Waals surface area (Å²) in [4.78, 5) is 26.5. The molecule has 5 nitrogen and oxygen atoms in total. The quantitative estimate of drug-likeness (QED) is 0.783. The number of nitrogens with zero attached hydrogens (tertiary/aromatic N) is 1. The molecule has 0 radical (unpaired) electrons. The van der Waals surface area contributed by atoms with Gasteiger partial charge in [-0.3, -0.25) is 9.59 Å². The molecule has 0 saturated heterocycles. The van der Waals surface area contributed by atoms with E-state index >= 15 is 0 Å². The van der Waals surface area contributed by atoms with Gasteiger partial charge in [-0.1, -0.05) is 0 Å². The average molecular weight is 386 g/mol. The van der Waals surface area contributed by atoms with Crippen molar-refractivity contribution in [2.24, 2.45) is 23.2 Å². The van der Waals surface area contributed by atoms with E-state index in [1.165, 1.54) is 19.3 Å². The van der Waals surface area contributed by atoms with E-state index in [0.717, 1.165) is 42.7 Å². The van der Waals surface area contributed by atoms with Gasteiger partial charge < -0.3 is 15.5 Å². The lowest BCUT2D eigenvalue weighted by Crippen LogP contribution is -2.55. The lowest BCUT2D eigenvalue weighted by atomic mass is 9.49. The van der Waals surface area contributed by atoms with Crippen LogP contribution in [0.5, 0.6) is 0 Å². The molecule has 6 heteroatoms. The summed E-state index contributed by atoms with van der Waals surface area (Å²) in [6.07, 6.45) is 7.01. The second-order valence-corrected chi connectivity index (χ2v) is 9.29. The van der Waals surface area contributed by atoms with Crippen LogP contribution in [0.15, 0.2) is 24.3 Å². The van der Waals surface area contributed by atoms with Crippen LogP contribution in [0.3, 0.4) is 0 Å². The smallest absolute Gasteiger partial charge is 0.253 e. The van der Waals surface area contributed by atoms with Gasteiger partial charge in [-0.15, -0.1) is 0 Å². The third kappa shape index (κ3) is 3.59. The fourth-order valence-electron chi connectivity index (χ4n) is 5.74. The third-order valence-corrected chi connectivity index (χ3v) is 6.75. The van der Waals surface area contributed by atoms with E-state index in [9.17, 15) is 9.59 Å². The number of carbonyl (C=O) groups is 2. The van der Waals surface area contributed by atoms with Crippen LogP contribution >= 0.6 is 12.2 Å². The van der Waals surface area contributed by atoms with Crippen LogP contribution in [-0.2, 0) is 4.79 Å². The summed E-state index contributed by atoms with van der Waals surface area (Å²) in [6, 6.07) is 7.13. The lowest BCUT2D eigenvalue weighted by Gasteiger charge is -2.55. The first kappa shape index (κ1) is 18.4. The molecule has 144 valence electrons. The van der Waals surface area contributed by atoms with Gasteiger partial charge in [-0.25, -0.2) is 0 Å². The molecule has 0 heterocycles. The van der Waals surface area contributed by atoms with Gasteiger partial charge in [0.2, 0.25) is 5.91 Å². The second kappa shape index (κ2) is 6.89. The Labute approximate surface area is 165 Å². The Balaban J connectivity index is 1.37. The molecular weight excluding hydrogens is 358 g/mol. The summed E-state index contributed by atoms with van der Waals surface area (Å²) in [7, 11) is 3.45. The molecule has 4 saturated carbocycles. The van der Waals surface area contributed by atoms with E-state index in [-0.39, 0.29) is 17.2 Å². The molecule has 4 bridgehead atoms. The zero-order valence-electron chi connectivity index (χ0n) is 16.0. The fourth-order valence-corrected chi connectivity index (χ4v) is 5.95. The number of thiocarbonyl (C=S) groups is 1. The first-order valence-corrected chi connectivity index (χ1v) is 10.2. The van der Waals surface area contributed by atoms with Crippen molar-refractivity contribution in [1.29, 1.82) is 0 Å². The molecule has 0 aromatic heterocycles. The molecule has 0 spiro atoms. The molecule has 5 rings (SSSR count). The van der Waals surface area contributed by atoms with Crippen molar-refractivity contribution < 1.29 is 9.59 Å².